The Kier molecular flexibility index (Phi) is 8.26. The second-order valence-electron chi connectivity index (χ2n) is 7.36. The van der Waals surface area contributed by atoms with Crippen molar-refractivity contribution >= 4 is 20.0 Å². The summed E-state index contributed by atoms with van der Waals surface area (Å²) in [4.78, 5) is 22.4. The first-order chi connectivity index (χ1) is 12.3. The first-order valence-electron chi connectivity index (χ1n) is 7.88. The monoisotopic (exact) mass is 444 g/mol. The van der Waals surface area contributed by atoms with Crippen LogP contribution in [0.1, 0.15) is 19.3 Å². The number of rotatable bonds is 11. The van der Waals surface area contributed by atoms with Crippen LogP contribution in [0.3, 0.4) is 0 Å². The number of carbonyl (C=O) groups is 2. The molecule has 0 bridgehead atoms. The summed E-state index contributed by atoms with van der Waals surface area (Å²) >= 11 is 0. The average molecular weight is 444 g/mol. The molecule has 0 spiro atoms. The van der Waals surface area contributed by atoms with Crippen LogP contribution in [0.4, 0.5) is 35.1 Å². The lowest BCUT2D eigenvalue weighted by molar-refractivity contribution is -0.337. The highest BCUT2D eigenvalue weighted by Gasteiger charge is 2.75. The number of carboxylic acid groups (broad SMARTS) is 2. The first kappa shape index (κ1) is 26.3. The van der Waals surface area contributed by atoms with Crippen LogP contribution < -0.4 is 0 Å². The molecule has 0 unspecified atom stereocenters. The molecule has 4 nitrogen and oxygen atoms in total. The Morgan fingerprint density at radius 1 is 0.893 bits per heavy atom. The zero-order chi connectivity index (χ0) is 22.7. The van der Waals surface area contributed by atoms with E-state index >= 15 is 0 Å². The summed E-state index contributed by atoms with van der Waals surface area (Å²) in [5.41, 5.74) is -2.90. The van der Waals surface area contributed by atoms with Crippen LogP contribution >= 0.6 is 0 Å². The van der Waals surface area contributed by atoms with E-state index in [1.807, 2.05) is 19.6 Å². The van der Waals surface area contributed by atoms with E-state index in [-0.39, 0.29) is 6.42 Å². The Morgan fingerprint density at radius 3 is 1.64 bits per heavy atom. The van der Waals surface area contributed by atoms with Crippen molar-refractivity contribution in [3.8, 4) is 0 Å². The molecular weight excluding hydrogens is 424 g/mol. The second-order valence-corrected chi connectivity index (χ2v) is 13.0. The van der Waals surface area contributed by atoms with Gasteiger partial charge < -0.3 is 10.2 Å². The minimum absolute atomic E-state index is 0.0310. The summed E-state index contributed by atoms with van der Waals surface area (Å²) in [6.45, 7) is 5.61. The highest BCUT2D eigenvalue weighted by Crippen LogP contribution is 2.51. The van der Waals surface area contributed by atoms with E-state index in [9.17, 15) is 44.7 Å². The largest absolute Gasteiger partial charge is 0.478 e. The molecular formula is C15H20F8O4Si. The molecule has 28 heavy (non-hydrogen) atoms. The molecule has 0 heterocycles. The van der Waals surface area contributed by atoms with Crippen LogP contribution in [0.2, 0.25) is 25.7 Å². The third kappa shape index (κ3) is 6.17. The van der Waals surface area contributed by atoms with Crippen LogP contribution in [-0.2, 0) is 9.59 Å². The fourth-order valence-corrected chi connectivity index (χ4v) is 3.45. The SMILES string of the molecule is C[Si](C)(C)CCC/C(C(=O)O)=C(/CC(F)(F)C(F)(F)C(F)(F)C(F)F)C(=O)O. The molecule has 0 aliphatic rings. The van der Waals surface area contributed by atoms with Crippen molar-refractivity contribution in [2.45, 2.75) is 69.1 Å². The van der Waals surface area contributed by atoms with Gasteiger partial charge in [-0.1, -0.05) is 32.1 Å². The van der Waals surface area contributed by atoms with Gasteiger partial charge in [-0.15, -0.1) is 0 Å². The number of hydrogen-bond acceptors (Lipinski definition) is 2. The Balaban J connectivity index is 6.03. The number of aliphatic carboxylic acids is 2. The lowest BCUT2D eigenvalue weighted by Crippen LogP contribution is -2.57. The predicted molar refractivity (Wildman–Crippen MR) is 85.1 cm³/mol. The fourth-order valence-electron chi connectivity index (χ4n) is 2.21. The molecule has 0 fully saturated rings. The Morgan fingerprint density at radius 2 is 1.32 bits per heavy atom. The molecule has 164 valence electrons. The maximum Gasteiger partial charge on any atom is 0.378 e. The van der Waals surface area contributed by atoms with Gasteiger partial charge in [0.05, 0.1) is 12.0 Å². The number of hydrogen-bond donors (Lipinski definition) is 2. The third-order valence-corrected chi connectivity index (χ3v) is 5.64. The van der Waals surface area contributed by atoms with E-state index in [1.54, 1.807) is 0 Å². The molecule has 0 aliphatic heterocycles. The third-order valence-electron chi connectivity index (χ3n) is 3.79. The van der Waals surface area contributed by atoms with Crippen LogP contribution in [-0.4, -0.2) is 54.4 Å². The summed E-state index contributed by atoms with van der Waals surface area (Å²) in [7, 11) is -1.75. The van der Waals surface area contributed by atoms with Crippen molar-refractivity contribution in [1.82, 2.24) is 0 Å². The molecule has 0 aromatic rings. The predicted octanol–water partition coefficient (Wildman–Crippen LogP) is 5.13. The molecule has 13 heteroatoms. The van der Waals surface area contributed by atoms with E-state index in [1.165, 1.54) is 0 Å². The van der Waals surface area contributed by atoms with Crippen LogP contribution in [0.25, 0.3) is 0 Å². The van der Waals surface area contributed by atoms with Crippen molar-refractivity contribution < 1.29 is 54.9 Å². The fraction of sp³-hybridized carbons (Fsp3) is 0.733. The highest BCUT2D eigenvalue weighted by molar-refractivity contribution is 6.76. The van der Waals surface area contributed by atoms with Gasteiger partial charge in [-0.3, -0.25) is 0 Å². The molecule has 0 radical (unpaired) electrons. The van der Waals surface area contributed by atoms with Gasteiger partial charge in [0.2, 0.25) is 0 Å². The van der Waals surface area contributed by atoms with Gasteiger partial charge in [0.1, 0.15) is 0 Å². The Bertz CT molecular complexity index is 626. The summed E-state index contributed by atoms with van der Waals surface area (Å²) < 4.78 is 104. The standard InChI is InChI=1S/C15H20F8O4Si/c1-28(2,3)6-4-5-8(10(24)25)9(11(26)27)7-13(18,19)15(22,23)14(20,21)12(16)17/h12H,4-7H2,1-3H3,(H,24,25)(H,26,27)/b9-8+. The number of carboxylic acids is 2. The molecule has 2 N–H and O–H groups in total. The van der Waals surface area contributed by atoms with Gasteiger partial charge in [-0.05, 0) is 6.42 Å². The molecule has 0 saturated heterocycles. The minimum atomic E-state index is -6.61. The number of halogens is 8. The van der Waals surface area contributed by atoms with Crippen molar-refractivity contribution in [3.63, 3.8) is 0 Å². The smallest absolute Gasteiger partial charge is 0.378 e. The van der Waals surface area contributed by atoms with Crippen molar-refractivity contribution in [3.05, 3.63) is 11.1 Å². The molecule has 0 aromatic heterocycles. The van der Waals surface area contributed by atoms with E-state index in [0.717, 1.165) is 0 Å². The average Bonchev–Trinajstić information content (AvgIpc) is 2.47. The summed E-state index contributed by atoms with van der Waals surface area (Å²) in [6, 6.07) is 0.437. The summed E-state index contributed by atoms with van der Waals surface area (Å²) in [6.07, 6.45) is -8.36. The maximum absolute atomic E-state index is 13.8. The van der Waals surface area contributed by atoms with E-state index in [0.29, 0.717) is 6.04 Å². The van der Waals surface area contributed by atoms with Crippen molar-refractivity contribution in [2.24, 2.45) is 0 Å². The molecule has 0 amide bonds. The normalized spacial score (nSPS) is 14.9. The van der Waals surface area contributed by atoms with Gasteiger partial charge in [-0.2, -0.15) is 26.3 Å². The summed E-state index contributed by atoms with van der Waals surface area (Å²) in [5, 5.41) is 18.0. The van der Waals surface area contributed by atoms with Gasteiger partial charge in [0, 0.05) is 13.6 Å². The quantitative estimate of drug-likeness (QED) is 0.263. The van der Waals surface area contributed by atoms with Crippen LogP contribution in [0, 0.1) is 0 Å². The second kappa shape index (κ2) is 8.78. The minimum Gasteiger partial charge on any atom is -0.478 e. The Labute approximate surface area is 156 Å². The lowest BCUT2D eigenvalue weighted by Gasteiger charge is -2.32. The van der Waals surface area contributed by atoms with Crippen molar-refractivity contribution in [1.29, 1.82) is 0 Å². The molecule has 0 rings (SSSR count). The zero-order valence-corrected chi connectivity index (χ0v) is 16.1. The summed E-state index contributed by atoms with van der Waals surface area (Å²) in [5.74, 6) is -23.4. The lowest BCUT2D eigenvalue weighted by atomic mass is 9.93. The van der Waals surface area contributed by atoms with E-state index in [4.69, 9.17) is 10.2 Å². The van der Waals surface area contributed by atoms with Gasteiger partial charge >= 0.3 is 36.1 Å². The Hall–Kier alpha value is -1.66. The van der Waals surface area contributed by atoms with Gasteiger partial charge in [0.15, 0.2) is 0 Å². The molecule has 0 atom stereocenters. The van der Waals surface area contributed by atoms with Crippen LogP contribution in [0.15, 0.2) is 11.1 Å². The molecule has 0 aliphatic carbocycles. The van der Waals surface area contributed by atoms with Crippen molar-refractivity contribution in [2.75, 3.05) is 0 Å². The van der Waals surface area contributed by atoms with E-state index in [2.05, 4.69) is 0 Å². The topological polar surface area (TPSA) is 74.6 Å². The number of alkyl halides is 8. The first-order valence-corrected chi connectivity index (χ1v) is 11.6. The van der Waals surface area contributed by atoms with Gasteiger partial charge in [0.25, 0.3) is 0 Å². The molecule has 0 saturated carbocycles. The highest BCUT2D eigenvalue weighted by atomic mass is 28.3. The van der Waals surface area contributed by atoms with Gasteiger partial charge in [-0.25, -0.2) is 18.4 Å². The maximum atomic E-state index is 13.8. The van der Waals surface area contributed by atoms with Crippen LogP contribution in [0.5, 0.6) is 0 Å². The van der Waals surface area contributed by atoms with E-state index < -0.39 is 68.2 Å². The zero-order valence-electron chi connectivity index (χ0n) is 15.1. The molecule has 0 aromatic carbocycles.